The highest BCUT2D eigenvalue weighted by Gasteiger charge is 2.15. The molecule has 0 atom stereocenters. The Balaban J connectivity index is 2.60. The molecule has 0 aliphatic carbocycles. The van der Waals surface area contributed by atoms with Crippen molar-refractivity contribution in [2.75, 3.05) is 19.0 Å². The second kappa shape index (κ2) is 5.68. The van der Waals surface area contributed by atoms with Crippen molar-refractivity contribution in [1.29, 1.82) is 0 Å². The van der Waals surface area contributed by atoms with Crippen LogP contribution in [-0.4, -0.2) is 25.2 Å². The van der Waals surface area contributed by atoms with Gasteiger partial charge >= 0.3 is 0 Å². The van der Waals surface area contributed by atoms with Crippen LogP contribution in [0.3, 0.4) is 0 Å². The molecule has 0 fully saturated rings. The molecule has 94 valence electrons. The Hall–Kier alpha value is -1.55. The zero-order chi connectivity index (χ0) is 12.9. The van der Waals surface area contributed by atoms with Gasteiger partial charge in [0.15, 0.2) is 5.96 Å². The van der Waals surface area contributed by atoms with E-state index in [1.807, 2.05) is 45.0 Å². The molecule has 17 heavy (non-hydrogen) atoms. The molecule has 3 N–H and O–H groups in total. The summed E-state index contributed by atoms with van der Waals surface area (Å²) >= 11 is 0. The molecule has 0 amide bonds. The van der Waals surface area contributed by atoms with E-state index < -0.39 is 0 Å². The van der Waals surface area contributed by atoms with Crippen LogP contribution in [0.1, 0.15) is 19.4 Å². The van der Waals surface area contributed by atoms with Crippen molar-refractivity contribution in [3.63, 3.8) is 0 Å². The Labute approximate surface area is 103 Å². The Bertz CT molecular complexity index is 399. The molecule has 0 spiro atoms. The first-order chi connectivity index (χ1) is 7.93. The van der Waals surface area contributed by atoms with E-state index in [9.17, 15) is 0 Å². The fraction of sp³-hybridized carbons (Fsp3) is 0.462. The van der Waals surface area contributed by atoms with Gasteiger partial charge in [-0.1, -0.05) is 12.1 Å². The fourth-order valence-corrected chi connectivity index (χ4v) is 1.25. The van der Waals surface area contributed by atoms with Crippen molar-refractivity contribution in [3.8, 4) is 0 Å². The van der Waals surface area contributed by atoms with Gasteiger partial charge in [0, 0.05) is 12.8 Å². The van der Waals surface area contributed by atoms with E-state index >= 15 is 0 Å². The number of benzene rings is 1. The topological polar surface area (TPSA) is 59.6 Å². The van der Waals surface area contributed by atoms with Crippen LogP contribution in [0.25, 0.3) is 0 Å². The van der Waals surface area contributed by atoms with Crippen LogP contribution in [0.5, 0.6) is 0 Å². The minimum Gasteiger partial charge on any atom is -0.377 e. The second-order valence-electron chi connectivity index (χ2n) is 4.66. The van der Waals surface area contributed by atoms with E-state index in [4.69, 9.17) is 10.5 Å². The zero-order valence-electron chi connectivity index (χ0n) is 10.9. The average molecular weight is 235 g/mol. The summed E-state index contributed by atoms with van der Waals surface area (Å²) in [5.74, 6) is 0.403. The monoisotopic (exact) mass is 235 g/mol. The van der Waals surface area contributed by atoms with E-state index in [1.165, 1.54) is 5.56 Å². The number of aliphatic imine (C=N–C) groups is 1. The SMILES string of the molecule is COC(C)(C)CN=C(N)Nc1cccc(C)c1. The molecule has 0 saturated heterocycles. The molecule has 4 heteroatoms. The maximum Gasteiger partial charge on any atom is 0.193 e. The minimum atomic E-state index is -0.293. The standard InChI is InChI=1S/C13H21N3O/c1-10-6-5-7-11(8-10)16-12(14)15-9-13(2,3)17-4/h5-8H,9H2,1-4H3,(H3,14,15,16). The third-order valence-corrected chi connectivity index (χ3v) is 2.47. The van der Waals surface area contributed by atoms with Crippen molar-refractivity contribution in [2.45, 2.75) is 26.4 Å². The smallest absolute Gasteiger partial charge is 0.193 e. The van der Waals surface area contributed by atoms with Gasteiger partial charge in [-0.3, -0.25) is 4.99 Å². The number of aryl methyl sites for hydroxylation is 1. The van der Waals surface area contributed by atoms with E-state index in [2.05, 4.69) is 10.3 Å². The first kappa shape index (κ1) is 13.5. The lowest BCUT2D eigenvalue weighted by Gasteiger charge is -2.20. The van der Waals surface area contributed by atoms with E-state index in [0.717, 1.165) is 5.69 Å². The lowest BCUT2D eigenvalue weighted by Crippen LogP contribution is -2.30. The predicted octanol–water partition coefficient (Wildman–Crippen LogP) is 2.15. The number of methoxy groups -OCH3 is 1. The molecule has 0 aliphatic rings. The number of nitrogens with zero attached hydrogens (tertiary/aromatic N) is 1. The second-order valence-corrected chi connectivity index (χ2v) is 4.66. The Morgan fingerprint density at radius 3 is 2.76 bits per heavy atom. The molecule has 0 heterocycles. The van der Waals surface area contributed by atoms with Gasteiger partial charge in [-0.05, 0) is 38.5 Å². The molecule has 0 radical (unpaired) electrons. The van der Waals surface area contributed by atoms with Crippen LogP contribution >= 0.6 is 0 Å². The number of hydrogen-bond donors (Lipinski definition) is 2. The van der Waals surface area contributed by atoms with Crippen molar-refractivity contribution in [2.24, 2.45) is 10.7 Å². The highest BCUT2D eigenvalue weighted by molar-refractivity contribution is 5.92. The quantitative estimate of drug-likeness (QED) is 0.621. The molecule has 0 bridgehead atoms. The van der Waals surface area contributed by atoms with Crippen LogP contribution in [-0.2, 0) is 4.74 Å². The van der Waals surface area contributed by atoms with Crippen LogP contribution in [0.2, 0.25) is 0 Å². The number of ether oxygens (including phenoxy) is 1. The van der Waals surface area contributed by atoms with Crippen LogP contribution in [0, 0.1) is 6.92 Å². The highest BCUT2D eigenvalue weighted by Crippen LogP contribution is 2.10. The number of anilines is 1. The molecule has 0 aromatic heterocycles. The maximum absolute atomic E-state index is 5.80. The molecular weight excluding hydrogens is 214 g/mol. The van der Waals surface area contributed by atoms with E-state index in [0.29, 0.717) is 12.5 Å². The molecule has 1 rings (SSSR count). The van der Waals surface area contributed by atoms with E-state index in [-0.39, 0.29) is 5.60 Å². The number of nitrogens with two attached hydrogens (primary N) is 1. The molecule has 0 aliphatic heterocycles. The van der Waals surface area contributed by atoms with Crippen LogP contribution in [0.4, 0.5) is 5.69 Å². The molecule has 1 aromatic carbocycles. The van der Waals surface area contributed by atoms with Gasteiger partial charge in [-0.25, -0.2) is 0 Å². The summed E-state index contributed by atoms with van der Waals surface area (Å²) in [6, 6.07) is 7.98. The van der Waals surface area contributed by atoms with Crippen molar-refractivity contribution in [1.82, 2.24) is 0 Å². The highest BCUT2D eigenvalue weighted by atomic mass is 16.5. The normalized spacial score (nSPS) is 12.6. The number of rotatable bonds is 4. The number of guanidine groups is 1. The lowest BCUT2D eigenvalue weighted by molar-refractivity contribution is 0.0312. The van der Waals surface area contributed by atoms with Gasteiger partial charge in [0.2, 0.25) is 0 Å². The first-order valence-electron chi connectivity index (χ1n) is 5.62. The number of nitrogens with one attached hydrogen (secondary N) is 1. The summed E-state index contributed by atoms with van der Waals surface area (Å²) in [5, 5.41) is 3.05. The van der Waals surface area contributed by atoms with Gasteiger partial charge in [-0.2, -0.15) is 0 Å². The van der Waals surface area contributed by atoms with Crippen molar-refractivity contribution in [3.05, 3.63) is 29.8 Å². The van der Waals surface area contributed by atoms with Crippen molar-refractivity contribution >= 4 is 11.6 Å². The van der Waals surface area contributed by atoms with Gasteiger partial charge in [0.05, 0.1) is 12.1 Å². The average Bonchev–Trinajstić information content (AvgIpc) is 2.27. The largest absolute Gasteiger partial charge is 0.377 e. The Morgan fingerprint density at radius 1 is 1.47 bits per heavy atom. The number of hydrogen-bond acceptors (Lipinski definition) is 2. The third kappa shape index (κ3) is 4.87. The summed E-state index contributed by atoms with van der Waals surface area (Å²) in [4.78, 5) is 4.25. The summed E-state index contributed by atoms with van der Waals surface area (Å²) in [7, 11) is 1.67. The van der Waals surface area contributed by atoms with Gasteiger partial charge in [-0.15, -0.1) is 0 Å². The summed E-state index contributed by atoms with van der Waals surface area (Å²) in [6.07, 6.45) is 0. The van der Waals surface area contributed by atoms with Crippen LogP contribution < -0.4 is 11.1 Å². The zero-order valence-corrected chi connectivity index (χ0v) is 10.9. The minimum absolute atomic E-state index is 0.293. The van der Waals surface area contributed by atoms with Crippen LogP contribution in [0.15, 0.2) is 29.3 Å². The lowest BCUT2D eigenvalue weighted by atomic mass is 10.1. The van der Waals surface area contributed by atoms with Gasteiger partial charge in [0.1, 0.15) is 0 Å². The van der Waals surface area contributed by atoms with Gasteiger partial charge < -0.3 is 15.8 Å². The third-order valence-electron chi connectivity index (χ3n) is 2.47. The molecule has 0 saturated carbocycles. The molecule has 0 unspecified atom stereocenters. The Morgan fingerprint density at radius 2 is 2.18 bits per heavy atom. The van der Waals surface area contributed by atoms with Gasteiger partial charge in [0.25, 0.3) is 0 Å². The first-order valence-corrected chi connectivity index (χ1v) is 5.62. The molecular formula is C13H21N3O. The predicted molar refractivity (Wildman–Crippen MR) is 72.4 cm³/mol. The summed E-state index contributed by atoms with van der Waals surface area (Å²) in [6.45, 7) is 6.49. The fourth-order valence-electron chi connectivity index (χ4n) is 1.25. The molecule has 4 nitrogen and oxygen atoms in total. The summed E-state index contributed by atoms with van der Waals surface area (Å²) < 4.78 is 5.27. The molecule has 1 aromatic rings. The maximum atomic E-state index is 5.80. The van der Waals surface area contributed by atoms with E-state index in [1.54, 1.807) is 7.11 Å². The Kier molecular flexibility index (Phi) is 4.52. The summed E-state index contributed by atoms with van der Waals surface area (Å²) in [5.41, 5.74) is 7.63. The van der Waals surface area contributed by atoms with Crippen molar-refractivity contribution < 1.29 is 4.74 Å².